The molecule has 7 nitrogen and oxygen atoms in total. The molecular weight excluding hydrogens is 392 g/mol. The zero-order valence-corrected chi connectivity index (χ0v) is 18.2. The highest BCUT2D eigenvalue weighted by Crippen LogP contribution is 2.15. The highest BCUT2D eigenvalue weighted by molar-refractivity contribution is 5.94. The van der Waals surface area contributed by atoms with E-state index < -0.39 is 0 Å². The van der Waals surface area contributed by atoms with Crippen LogP contribution in [0, 0.1) is 0 Å². The fourth-order valence-electron chi connectivity index (χ4n) is 3.65. The summed E-state index contributed by atoms with van der Waals surface area (Å²) in [6.45, 7) is 6.44. The van der Waals surface area contributed by atoms with E-state index >= 15 is 0 Å². The molecule has 3 rings (SSSR count). The minimum atomic E-state index is 0.0185. The second-order valence-corrected chi connectivity index (χ2v) is 7.79. The van der Waals surface area contributed by atoms with E-state index in [4.69, 9.17) is 4.74 Å². The number of nitrogens with zero attached hydrogens (tertiary/aromatic N) is 3. The smallest absolute Gasteiger partial charge is 0.254 e. The van der Waals surface area contributed by atoms with Gasteiger partial charge >= 0.3 is 0 Å². The first kappa shape index (κ1) is 22.9. The van der Waals surface area contributed by atoms with Gasteiger partial charge in [0.15, 0.2) is 0 Å². The molecule has 1 unspecified atom stereocenters. The van der Waals surface area contributed by atoms with Crippen LogP contribution in [0.1, 0.15) is 41.8 Å². The van der Waals surface area contributed by atoms with E-state index in [0.29, 0.717) is 44.9 Å². The molecule has 0 bridgehead atoms. The maximum absolute atomic E-state index is 12.6. The number of pyridine rings is 1. The number of hydrogen-bond acceptors (Lipinski definition) is 5. The molecule has 166 valence electrons. The highest BCUT2D eigenvalue weighted by atomic mass is 16.5. The van der Waals surface area contributed by atoms with Crippen LogP contribution in [-0.4, -0.2) is 72.5 Å². The third-order valence-electron chi connectivity index (χ3n) is 5.45. The van der Waals surface area contributed by atoms with Crippen LogP contribution >= 0.6 is 0 Å². The van der Waals surface area contributed by atoms with E-state index in [0.717, 1.165) is 24.9 Å². The molecule has 1 aliphatic heterocycles. The van der Waals surface area contributed by atoms with Crippen molar-refractivity contribution in [3.05, 3.63) is 66.0 Å². The summed E-state index contributed by atoms with van der Waals surface area (Å²) in [6, 6.07) is 13.6. The fourth-order valence-corrected chi connectivity index (χ4v) is 3.65. The van der Waals surface area contributed by atoms with Crippen molar-refractivity contribution >= 4 is 11.8 Å². The van der Waals surface area contributed by atoms with Crippen molar-refractivity contribution < 1.29 is 14.3 Å². The number of aromatic nitrogens is 1. The van der Waals surface area contributed by atoms with Crippen molar-refractivity contribution in [2.45, 2.75) is 25.9 Å². The average Bonchev–Trinajstić information content (AvgIpc) is 3.05. The van der Waals surface area contributed by atoms with E-state index in [1.807, 2.05) is 30.0 Å². The molecule has 0 radical (unpaired) electrons. The summed E-state index contributed by atoms with van der Waals surface area (Å²) >= 11 is 0. The lowest BCUT2D eigenvalue weighted by molar-refractivity contribution is -0.122. The summed E-state index contributed by atoms with van der Waals surface area (Å²) < 4.78 is 5.84. The Morgan fingerprint density at radius 3 is 2.61 bits per heavy atom. The van der Waals surface area contributed by atoms with E-state index in [1.54, 1.807) is 24.5 Å². The Morgan fingerprint density at radius 1 is 1.06 bits per heavy atom. The Morgan fingerprint density at radius 2 is 1.84 bits per heavy atom. The molecule has 1 aliphatic rings. The first-order valence-electron chi connectivity index (χ1n) is 11.0. The highest BCUT2D eigenvalue weighted by Gasteiger charge is 2.21. The van der Waals surface area contributed by atoms with Crippen LogP contribution in [0.3, 0.4) is 0 Å². The van der Waals surface area contributed by atoms with Gasteiger partial charge in [0.25, 0.3) is 5.91 Å². The van der Waals surface area contributed by atoms with Crippen molar-refractivity contribution in [3.63, 3.8) is 0 Å². The van der Waals surface area contributed by atoms with Crippen LogP contribution < -0.4 is 5.32 Å². The summed E-state index contributed by atoms with van der Waals surface area (Å²) in [5, 5.41) is 2.98. The van der Waals surface area contributed by atoms with Crippen LogP contribution in [0.4, 0.5) is 0 Å². The van der Waals surface area contributed by atoms with Gasteiger partial charge in [0.1, 0.15) is 0 Å². The Balaban J connectivity index is 1.31. The molecule has 1 aromatic carbocycles. The molecule has 1 atom stereocenters. The number of rotatable bonds is 9. The molecule has 7 heteroatoms. The number of nitrogens with one attached hydrogen (secondary N) is 1. The molecule has 1 N–H and O–H groups in total. The van der Waals surface area contributed by atoms with Gasteiger partial charge in [0, 0.05) is 57.3 Å². The van der Waals surface area contributed by atoms with Gasteiger partial charge in [-0.3, -0.25) is 19.5 Å². The number of carbonyl (C=O) groups is 2. The SMILES string of the molecule is CC(OCCCNC(=O)CN1CCCN(C(=O)c2ccncc2)CC1)c1ccccc1. The number of benzene rings is 1. The molecule has 2 aromatic rings. The van der Waals surface area contributed by atoms with Gasteiger partial charge in [-0.2, -0.15) is 0 Å². The van der Waals surface area contributed by atoms with Crippen LogP contribution in [0.5, 0.6) is 0 Å². The van der Waals surface area contributed by atoms with Crippen molar-refractivity contribution in [2.24, 2.45) is 0 Å². The van der Waals surface area contributed by atoms with Crippen LogP contribution in [0.25, 0.3) is 0 Å². The normalized spacial score (nSPS) is 15.8. The van der Waals surface area contributed by atoms with Gasteiger partial charge in [-0.05, 0) is 37.5 Å². The van der Waals surface area contributed by atoms with Crippen molar-refractivity contribution in [1.82, 2.24) is 20.1 Å². The Bertz CT molecular complexity index is 816. The van der Waals surface area contributed by atoms with Crippen molar-refractivity contribution in [3.8, 4) is 0 Å². The fraction of sp³-hybridized carbons (Fsp3) is 0.458. The molecular formula is C24H32N4O3. The van der Waals surface area contributed by atoms with Crippen LogP contribution in [-0.2, 0) is 9.53 Å². The minimum Gasteiger partial charge on any atom is -0.374 e. The zero-order chi connectivity index (χ0) is 21.9. The second-order valence-electron chi connectivity index (χ2n) is 7.79. The number of hydrogen-bond donors (Lipinski definition) is 1. The zero-order valence-electron chi connectivity index (χ0n) is 18.2. The first-order chi connectivity index (χ1) is 15.1. The van der Waals surface area contributed by atoms with Crippen LogP contribution in [0.15, 0.2) is 54.9 Å². The standard InChI is InChI=1S/C24H32N4O3/c1-20(21-7-3-2-4-8-21)31-18-5-11-26-23(29)19-27-14-6-15-28(17-16-27)24(30)22-9-12-25-13-10-22/h2-4,7-10,12-13,20H,5-6,11,14-19H2,1H3,(H,26,29). The van der Waals surface area contributed by atoms with Crippen molar-refractivity contribution in [1.29, 1.82) is 0 Å². The van der Waals surface area contributed by atoms with Gasteiger partial charge in [0.05, 0.1) is 12.6 Å². The molecule has 1 aromatic heterocycles. The van der Waals surface area contributed by atoms with Gasteiger partial charge < -0.3 is 15.0 Å². The lowest BCUT2D eigenvalue weighted by atomic mass is 10.1. The van der Waals surface area contributed by atoms with E-state index in [9.17, 15) is 9.59 Å². The van der Waals surface area contributed by atoms with E-state index in [-0.39, 0.29) is 17.9 Å². The lowest BCUT2D eigenvalue weighted by Crippen LogP contribution is -2.40. The Labute approximate surface area is 184 Å². The molecule has 2 amide bonds. The molecule has 2 heterocycles. The molecule has 0 spiro atoms. The summed E-state index contributed by atoms with van der Waals surface area (Å²) in [5.41, 5.74) is 1.81. The molecule has 0 aliphatic carbocycles. The quantitative estimate of drug-likeness (QED) is 0.626. The topological polar surface area (TPSA) is 74.8 Å². The third kappa shape index (κ3) is 7.45. The maximum atomic E-state index is 12.6. The Hall–Kier alpha value is -2.77. The Kier molecular flexibility index (Phi) is 8.99. The average molecular weight is 425 g/mol. The summed E-state index contributed by atoms with van der Waals surface area (Å²) in [7, 11) is 0. The van der Waals surface area contributed by atoms with Gasteiger partial charge in [0.2, 0.25) is 5.91 Å². The molecule has 1 fully saturated rings. The first-order valence-corrected chi connectivity index (χ1v) is 11.0. The third-order valence-corrected chi connectivity index (χ3v) is 5.45. The van der Waals surface area contributed by atoms with E-state index in [2.05, 4.69) is 27.3 Å². The lowest BCUT2D eigenvalue weighted by Gasteiger charge is -2.21. The minimum absolute atomic E-state index is 0.0185. The van der Waals surface area contributed by atoms with E-state index in [1.165, 1.54) is 0 Å². The van der Waals surface area contributed by atoms with Crippen molar-refractivity contribution in [2.75, 3.05) is 45.9 Å². The molecule has 0 saturated carbocycles. The number of amides is 2. The summed E-state index contributed by atoms with van der Waals surface area (Å²) in [4.78, 5) is 32.8. The maximum Gasteiger partial charge on any atom is 0.254 e. The van der Waals surface area contributed by atoms with Gasteiger partial charge in [-0.1, -0.05) is 30.3 Å². The predicted octanol–water partition coefficient (Wildman–Crippen LogP) is 2.51. The summed E-state index contributed by atoms with van der Waals surface area (Å²) in [5.74, 6) is 0.0449. The predicted molar refractivity (Wildman–Crippen MR) is 120 cm³/mol. The monoisotopic (exact) mass is 424 g/mol. The number of ether oxygens (including phenoxy) is 1. The second kappa shape index (κ2) is 12.2. The number of carbonyl (C=O) groups excluding carboxylic acids is 2. The van der Waals surface area contributed by atoms with Gasteiger partial charge in [-0.15, -0.1) is 0 Å². The van der Waals surface area contributed by atoms with Crippen LogP contribution in [0.2, 0.25) is 0 Å². The molecule has 1 saturated heterocycles. The largest absolute Gasteiger partial charge is 0.374 e. The summed E-state index contributed by atoms with van der Waals surface area (Å²) in [6.07, 6.45) is 4.95. The molecule has 31 heavy (non-hydrogen) atoms. The van der Waals surface area contributed by atoms with Gasteiger partial charge in [-0.25, -0.2) is 0 Å².